The Kier molecular flexibility index (Phi) is 4.57. The van der Waals surface area contributed by atoms with Crippen molar-refractivity contribution in [1.29, 1.82) is 0 Å². The molecule has 108 valence electrons. The zero-order valence-corrected chi connectivity index (χ0v) is 14.1. The Balaban J connectivity index is 1.65. The molecule has 0 unspecified atom stereocenters. The molecule has 0 atom stereocenters. The van der Waals surface area contributed by atoms with E-state index in [0.29, 0.717) is 4.47 Å². The third-order valence-electron chi connectivity index (χ3n) is 2.87. The lowest BCUT2D eigenvalue weighted by Crippen LogP contribution is -2.02. The predicted molar refractivity (Wildman–Crippen MR) is 89.9 cm³/mol. The van der Waals surface area contributed by atoms with Gasteiger partial charge in [-0.2, -0.15) is 5.10 Å². The van der Waals surface area contributed by atoms with Gasteiger partial charge in [-0.25, -0.2) is 4.98 Å². The maximum atomic E-state index is 5.83. The fraction of sp³-hybridized carbons (Fsp3) is 0.143. The largest absolute Gasteiger partial charge is 0.380 e. The molecule has 0 saturated carbocycles. The third kappa shape index (κ3) is 4.06. The molecule has 0 radical (unpaired) electrons. The van der Waals surface area contributed by atoms with Gasteiger partial charge in [0.05, 0.1) is 23.8 Å². The van der Waals surface area contributed by atoms with E-state index >= 15 is 0 Å². The number of rotatable bonds is 5. The maximum absolute atomic E-state index is 5.83. The number of benzene rings is 1. The average molecular weight is 384 g/mol. The summed E-state index contributed by atoms with van der Waals surface area (Å²) in [5.74, 6) is 0. The Labute approximate surface area is 139 Å². The van der Waals surface area contributed by atoms with E-state index in [1.807, 2.05) is 23.0 Å². The van der Waals surface area contributed by atoms with Crippen molar-refractivity contribution >= 4 is 44.6 Å². The lowest BCUT2D eigenvalue weighted by Gasteiger charge is -2.07. The fourth-order valence-electron chi connectivity index (χ4n) is 1.95. The highest BCUT2D eigenvalue weighted by atomic mass is 79.9. The molecule has 3 aromatic rings. The molecule has 0 bridgehead atoms. The minimum absolute atomic E-state index is 0.574. The van der Waals surface area contributed by atoms with Gasteiger partial charge in [0.2, 0.25) is 0 Å². The quantitative estimate of drug-likeness (QED) is 0.709. The summed E-state index contributed by atoms with van der Waals surface area (Å²) in [4.78, 5) is 5.14. The molecule has 0 fully saturated rings. The Morgan fingerprint density at radius 1 is 1.33 bits per heavy atom. The van der Waals surface area contributed by atoms with Crippen LogP contribution >= 0.6 is 38.9 Å². The minimum Gasteiger partial charge on any atom is -0.380 e. The summed E-state index contributed by atoms with van der Waals surface area (Å²) in [6.07, 6.45) is 5.54. The van der Waals surface area contributed by atoms with Crippen LogP contribution < -0.4 is 5.32 Å². The number of nitrogens with zero attached hydrogens (tertiary/aromatic N) is 3. The number of aromatic nitrogens is 3. The van der Waals surface area contributed by atoms with Crippen molar-refractivity contribution in [3.63, 3.8) is 0 Å². The number of anilines is 1. The summed E-state index contributed by atoms with van der Waals surface area (Å²) in [7, 11) is 0. The highest BCUT2D eigenvalue weighted by Crippen LogP contribution is 2.20. The summed E-state index contributed by atoms with van der Waals surface area (Å²) in [5, 5.41) is 7.64. The SMILES string of the molecule is Clc1ncc(CNc2cccc(Cn3cc(Br)cn3)c2)s1. The molecular formula is C14H12BrClN4S. The van der Waals surface area contributed by atoms with E-state index in [4.69, 9.17) is 11.6 Å². The van der Waals surface area contributed by atoms with Gasteiger partial charge in [-0.3, -0.25) is 4.68 Å². The molecule has 0 aliphatic rings. The first-order valence-corrected chi connectivity index (χ1v) is 8.29. The number of hydrogen-bond acceptors (Lipinski definition) is 4. The minimum atomic E-state index is 0.574. The first-order valence-electron chi connectivity index (χ1n) is 6.30. The normalized spacial score (nSPS) is 10.8. The van der Waals surface area contributed by atoms with Crippen molar-refractivity contribution in [3.8, 4) is 0 Å². The molecule has 0 amide bonds. The lowest BCUT2D eigenvalue weighted by atomic mass is 10.2. The molecule has 3 rings (SSSR count). The van der Waals surface area contributed by atoms with Crippen LogP contribution in [0.15, 0.2) is 47.3 Å². The van der Waals surface area contributed by atoms with E-state index in [1.165, 1.54) is 16.9 Å². The van der Waals surface area contributed by atoms with Crippen LogP contribution in [-0.4, -0.2) is 14.8 Å². The van der Waals surface area contributed by atoms with Gasteiger partial charge in [0.15, 0.2) is 4.47 Å². The van der Waals surface area contributed by atoms with E-state index < -0.39 is 0 Å². The molecule has 1 N–H and O–H groups in total. The second-order valence-electron chi connectivity index (χ2n) is 4.49. The molecule has 7 heteroatoms. The molecule has 0 aliphatic heterocycles. The first kappa shape index (κ1) is 14.6. The summed E-state index contributed by atoms with van der Waals surface area (Å²) < 4.78 is 3.45. The van der Waals surface area contributed by atoms with Crippen molar-refractivity contribution in [2.75, 3.05) is 5.32 Å². The van der Waals surface area contributed by atoms with Crippen molar-refractivity contribution in [2.45, 2.75) is 13.1 Å². The molecule has 4 nitrogen and oxygen atoms in total. The highest BCUT2D eigenvalue weighted by molar-refractivity contribution is 9.10. The Morgan fingerprint density at radius 3 is 2.95 bits per heavy atom. The Hall–Kier alpha value is -1.37. The van der Waals surface area contributed by atoms with Crippen LogP contribution in [0, 0.1) is 0 Å². The van der Waals surface area contributed by atoms with E-state index in [2.05, 4.69) is 43.5 Å². The van der Waals surface area contributed by atoms with Crippen molar-refractivity contribution in [1.82, 2.24) is 14.8 Å². The molecule has 2 heterocycles. The van der Waals surface area contributed by atoms with Crippen LogP contribution in [0.3, 0.4) is 0 Å². The molecule has 1 aromatic carbocycles. The summed E-state index contributed by atoms with van der Waals surface area (Å²) in [6, 6.07) is 8.30. The second-order valence-corrected chi connectivity index (χ2v) is 7.10. The number of halogens is 2. The van der Waals surface area contributed by atoms with E-state index in [1.54, 1.807) is 12.4 Å². The number of thiazole rings is 1. The Bertz CT molecular complexity index is 740. The van der Waals surface area contributed by atoms with Crippen LogP contribution in [0.25, 0.3) is 0 Å². The van der Waals surface area contributed by atoms with E-state index in [-0.39, 0.29) is 0 Å². The van der Waals surface area contributed by atoms with Gasteiger partial charge in [0, 0.05) is 23.0 Å². The fourth-order valence-corrected chi connectivity index (χ4v) is 3.19. The van der Waals surface area contributed by atoms with Gasteiger partial charge in [0.25, 0.3) is 0 Å². The molecule has 0 saturated heterocycles. The topological polar surface area (TPSA) is 42.7 Å². The molecule has 0 aliphatic carbocycles. The van der Waals surface area contributed by atoms with Gasteiger partial charge in [-0.1, -0.05) is 23.7 Å². The van der Waals surface area contributed by atoms with Crippen molar-refractivity contribution in [3.05, 3.63) is 62.2 Å². The molecule has 21 heavy (non-hydrogen) atoms. The predicted octanol–water partition coefficient (Wildman–Crippen LogP) is 4.42. The van der Waals surface area contributed by atoms with Gasteiger partial charge in [0.1, 0.15) is 0 Å². The van der Waals surface area contributed by atoms with Crippen LogP contribution in [0.5, 0.6) is 0 Å². The van der Waals surface area contributed by atoms with Gasteiger partial charge < -0.3 is 5.32 Å². The summed E-state index contributed by atoms with van der Waals surface area (Å²) >= 11 is 10.7. The maximum Gasteiger partial charge on any atom is 0.183 e. The smallest absolute Gasteiger partial charge is 0.183 e. The average Bonchev–Trinajstić information content (AvgIpc) is 3.06. The van der Waals surface area contributed by atoms with Gasteiger partial charge in [-0.15, -0.1) is 11.3 Å². The van der Waals surface area contributed by atoms with Crippen LogP contribution in [0.2, 0.25) is 4.47 Å². The monoisotopic (exact) mass is 382 g/mol. The van der Waals surface area contributed by atoms with Crippen molar-refractivity contribution < 1.29 is 0 Å². The zero-order valence-electron chi connectivity index (χ0n) is 11.0. The van der Waals surface area contributed by atoms with Crippen LogP contribution in [0.4, 0.5) is 5.69 Å². The van der Waals surface area contributed by atoms with Crippen LogP contribution in [0.1, 0.15) is 10.4 Å². The third-order valence-corrected chi connectivity index (χ3v) is 4.39. The summed E-state index contributed by atoms with van der Waals surface area (Å²) in [6.45, 7) is 1.47. The van der Waals surface area contributed by atoms with Crippen LogP contribution in [-0.2, 0) is 13.1 Å². The molecule has 2 aromatic heterocycles. The zero-order chi connectivity index (χ0) is 14.7. The standard InChI is InChI=1S/C14H12BrClN4S/c15-11-5-19-20(9-11)8-10-2-1-3-12(4-10)17-6-13-7-18-14(16)21-13/h1-5,7,9,17H,6,8H2. The number of hydrogen-bond donors (Lipinski definition) is 1. The van der Waals surface area contributed by atoms with Crippen molar-refractivity contribution in [2.24, 2.45) is 0 Å². The Morgan fingerprint density at radius 2 is 2.24 bits per heavy atom. The first-order chi connectivity index (χ1) is 10.2. The number of nitrogens with one attached hydrogen (secondary N) is 1. The summed E-state index contributed by atoms with van der Waals surface area (Å²) in [5.41, 5.74) is 2.26. The molecular weight excluding hydrogens is 372 g/mol. The van der Waals surface area contributed by atoms with E-state index in [9.17, 15) is 0 Å². The van der Waals surface area contributed by atoms with Gasteiger partial charge in [-0.05, 0) is 33.6 Å². The lowest BCUT2D eigenvalue weighted by molar-refractivity contribution is 0.687. The van der Waals surface area contributed by atoms with Gasteiger partial charge >= 0.3 is 0 Å². The molecule has 0 spiro atoms. The van der Waals surface area contributed by atoms with E-state index in [0.717, 1.165) is 28.1 Å². The second kappa shape index (κ2) is 6.60. The highest BCUT2D eigenvalue weighted by Gasteiger charge is 2.02.